The molecule has 0 fully saturated rings. The molecule has 0 spiro atoms. The van der Waals surface area contributed by atoms with E-state index in [1.165, 1.54) is 0 Å². The molecule has 0 bridgehead atoms. The Morgan fingerprint density at radius 2 is 1.91 bits per heavy atom. The summed E-state index contributed by atoms with van der Waals surface area (Å²) in [6.45, 7) is 2.09. The van der Waals surface area contributed by atoms with Crippen LogP contribution in [0.1, 0.15) is 26.2 Å². The van der Waals surface area contributed by atoms with Gasteiger partial charge in [-0.2, -0.15) is 0 Å². The van der Waals surface area contributed by atoms with Gasteiger partial charge in [-0.25, -0.2) is 0 Å². The number of halogens is 1. The van der Waals surface area contributed by atoms with Crippen molar-refractivity contribution in [1.82, 2.24) is 0 Å². The van der Waals surface area contributed by atoms with Crippen molar-refractivity contribution in [3.8, 4) is 0 Å². The van der Waals surface area contributed by atoms with Crippen LogP contribution in [-0.2, 0) is 4.79 Å². The van der Waals surface area contributed by atoms with E-state index in [2.05, 4.69) is 19.1 Å². The molecule has 62 valence electrons. The molecule has 0 aliphatic heterocycles. The predicted molar refractivity (Wildman–Crippen MR) is 48.7 cm³/mol. The number of allylic oxidation sites excluding steroid dienone is 4. The van der Waals surface area contributed by atoms with Gasteiger partial charge in [0.1, 0.15) is 0 Å². The molecule has 0 aliphatic carbocycles. The highest BCUT2D eigenvalue weighted by molar-refractivity contribution is 6.63. The Bertz CT molecular complexity index is 159. The van der Waals surface area contributed by atoms with Crippen LogP contribution in [0.25, 0.3) is 0 Å². The summed E-state index contributed by atoms with van der Waals surface area (Å²) in [4.78, 5) is 10.2. The SMILES string of the molecule is CC/C=C\C/C=C\CC(=O)Cl. The third kappa shape index (κ3) is 9.44. The Labute approximate surface area is 72.7 Å². The summed E-state index contributed by atoms with van der Waals surface area (Å²) in [5, 5.41) is -0.305. The third-order valence-corrected chi connectivity index (χ3v) is 1.27. The molecule has 11 heavy (non-hydrogen) atoms. The lowest BCUT2D eigenvalue weighted by molar-refractivity contribution is -0.110. The highest BCUT2D eigenvalue weighted by Crippen LogP contribution is 1.93. The van der Waals surface area contributed by atoms with Crippen LogP contribution >= 0.6 is 11.6 Å². The molecule has 0 heterocycles. The molecule has 0 aromatic rings. The Balaban J connectivity index is 3.30. The van der Waals surface area contributed by atoms with Gasteiger partial charge in [0, 0.05) is 6.42 Å². The number of rotatable bonds is 5. The molecular formula is C9H13ClO. The fourth-order valence-electron chi connectivity index (χ4n) is 0.614. The lowest BCUT2D eigenvalue weighted by Gasteiger charge is -1.82. The van der Waals surface area contributed by atoms with E-state index in [1.54, 1.807) is 6.08 Å². The van der Waals surface area contributed by atoms with Gasteiger partial charge in [-0.1, -0.05) is 31.2 Å². The van der Waals surface area contributed by atoms with Gasteiger partial charge >= 0.3 is 0 Å². The quantitative estimate of drug-likeness (QED) is 0.460. The Morgan fingerprint density at radius 3 is 2.45 bits per heavy atom. The van der Waals surface area contributed by atoms with Crippen LogP contribution in [0.4, 0.5) is 0 Å². The van der Waals surface area contributed by atoms with E-state index in [4.69, 9.17) is 11.6 Å². The Morgan fingerprint density at radius 1 is 1.27 bits per heavy atom. The molecule has 0 aliphatic rings. The second-order valence-corrected chi connectivity index (χ2v) is 2.57. The minimum atomic E-state index is -0.305. The van der Waals surface area contributed by atoms with Crippen LogP contribution in [-0.4, -0.2) is 5.24 Å². The first-order valence-electron chi connectivity index (χ1n) is 3.75. The smallest absolute Gasteiger partial charge is 0.225 e. The number of hydrogen-bond acceptors (Lipinski definition) is 1. The summed E-state index contributed by atoms with van der Waals surface area (Å²) in [5.41, 5.74) is 0. The molecule has 0 radical (unpaired) electrons. The molecule has 0 saturated heterocycles. The van der Waals surface area contributed by atoms with Crippen LogP contribution in [0.3, 0.4) is 0 Å². The first kappa shape index (κ1) is 10.4. The first-order valence-corrected chi connectivity index (χ1v) is 4.13. The lowest BCUT2D eigenvalue weighted by Crippen LogP contribution is -1.78. The monoisotopic (exact) mass is 172 g/mol. The minimum absolute atomic E-state index is 0.305. The molecule has 2 heteroatoms. The van der Waals surface area contributed by atoms with Gasteiger partial charge in [0.15, 0.2) is 0 Å². The van der Waals surface area contributed by atoms with Crippen LogP contribution in [0.15, 0.2) is 24.3 Å². The van der Waals surface area contributed by atoms with Crippen LogP contribution in [0, 0.1) is 0 Å². The zero-order chi connectivity index (χ0) is 8.53. The summed E-state index contributed by atoms with van der Waals surface area (Å²) in [6.07, 6.45) is 10.2. The van der Waals surface area contributed by atoms with Crippen molar-refractivity contribution < 1.29 is 4.79 Å². The van der Waals surface area contributed by atoms with E-state index in [0.717, 1.165) is 12.8 Å². The highest BCUT2D eigenvalue weighted by Gasteiger charge is 1.86. The average molecular weight is 173 g/mol. The minimum Gasteiger partial charge on any atom is -0.281 e. The summed E-state index contributed by atoms with van der Waals surface area (Å²) < 4.78 is 0. The van der Waals surface area contributed by atoms with E-state index in [9.17, 15) is 4.79 Å². The summed E-state index contributed by atoms with van der Waals surface area (Å²) in [7, 11) is 0. The number of carbonyl (C=O) groups is 1. The number of hydrogen-bond donors (Lipinski definition) is 0. The maximum atomic E-state index is 10.2. The molecule has 1 nitrogen and oxygen atoms in total. The van der Waals surface area contributed by atoms with Gasteiger partial charge in [0.2, 0.25) is 5.24 Å². The van der Waals surface area contributed by atoms with Gasteiger partial charge in [-0.15, -0.1) is 0 Å². The number of carbonyl (C=O) groups excluding carboxylic acids is 1. The Kier molecular flexibility index (Phi) is 7.16. The third-order valence-electron chi connectivity index (χ3n) is 1.12. The molecular weight excluding hydrogens is 160 g/mol. The largest absolute Gasteiger partial charge is 0.281 e. The average Bonchev–Trinajstić information content (AvgIpc) is 1.96. The van der Waals surface area contributed by atoms with Crippen LogP contribution in [0.2, 0.25) is 0 Å². The van der Waals surface area contributed by atoms with Gasteiger partial charge < -0.3 is 0 Å². The highest BCUT2D eigenvalue weighted by atomic mass is 35.5. The maximum Gasteiger partial charge on any atom is 0.225 e. The standard InChI is InChI=1S/C9H13ClO/c1-2-3-4-5-6-7-8-9(10)11/h3-4,6-7H,2,5,8H2,1H3/b4-3-,7-6-. The summed E-state index contributed by atoms with van der Waals surface area (Å²) >= 11 is 5.11. The van der Waals surface area contributed by atoms with E-state index in [-0.39, 0.29) is 5.24 Å². The summed E-state index contributed by atoms with van der Waals surface area (Å²) in [6, 6.07) is 0. The molecule has 0 N–H and O–H groups in total. The van der Waals surface area contributed by atoms with Gasteiger partial charge in [-0.3, -0.25) is 4.79 Å². The van der Waals surface area contributed by atoms with E-state index in [1.807, 2.05) is 6.08 Å². The molecule has 0 aromatic carbocycles. The maximum absolute atomic E-state index is 10.2. The van der Waals surface area contributed by atoms with Gasteiger partial charge in [-0.05, 0) is 24.4 Å². The summed E-state index contributed by atoms with van der Waals surface area (Å²) in [5.74, 6) is 0. The van der Waals surface area contributed by atoms with Crippen molar-refractivity contribution in [3.05, 3.63) is 24.3 Å². The molecule has 0 saturated carbocycles. The molecule has 0 amide bonds. The second-order valence-electron chi connectivity index (χ2n) is 2.15. The molecule has 0 atom stereocenters. The van der Waals surface area contributed by atoms with Crippen LogP contribution < -0.4 is 0 Å². The molecule has 0 unspecified atom stereocenters. The fourth-order valence-corrected chi connectivity index (χ4v) is 0.703. The topological polar surface area (TPSA) is 17.1 Å². The van der Waals surface area contributed by atoms with Crippen molar-refractivity contribution in [1.29, 1.82) is 0 Å². The van der Waals surface area contributed by atoms with Crippen LogP contribution in [0.5, 0.6) is 0 Å². The van der Waals surface area contributed by atoms with Gasteiger partial charge in [0.25, 0.3) is 0 Å². The first-order chi connectivity index (χ1) is 5.27. The predicted octanol–water partition coefficient (Wildman–Crippen LogP) is 3.05. The van der Waals surface area contributed by atoms with Crippen molar-refractivity contribution in [2.24, 2.45) is 0 Å². The van der Waals surface area contributed by atoms with Crippen molar-refractivity contribution in [2.75, 3.05) is 0 Å². The zero-order valence-corrected chi connectivity index (χ0v) is 7.47. The Hall–Kier alpha value is -0.560. The fraction of sp³-hybridized carbons (Fsp3) is 0.444. The van der Waals surface area contributed by atoms with Crippen molar-refractivity contribution in [3.63, 3.8) is 0 Å². The molecule has 0 rings (SSSR count). The second kappa shape index (κ2) is 7.55. The van der Waals surface area contributed by atoms with Crippen molar-refractivity contribution >= 4 is 16.8 Å². The van der Waals surface area contributed by atoms with E-state index < -0.39 is 0 Å². The normalized spacial score (nSPS) is 11.5. The van der Waals surface area contributed by atoms with Crippen molar-refractivity contribution in [2.45, 2.75) is 26.2 Å². The zero-order valence-electron chi connectivity index (χ0n) is 6.72. The van der Waals surface area contributed by atoms with E-state index in [0.29, 0.717) is 6.42 Å². The van der Waals surface area contributed by atoms with Gasteiger partial charge in [0.05, 0.1) is 0 Å². The lowest BCUT2D eigenvalue weighted by atomic mass is 10.3. The molecule has 0 aromatic heterocycles. The van der Waals surface area contributed by atoms with E-state index >= 15 is 0 Å².